The van der Waals surface area contributed by atoms with Gasteiger partial charge in [0.1, 0.15) is 6.54 Å². The molecule has 1 rings (SSSR count). The first-order valence-corrected chi connectivity index (χ1v) is 4.24. The van der Waals surface area contributed by atoms with Crippen LogP contribution in [0.25, 0.3) is 0 Å². The molecular formula is C8H10F3N5. The molecule has 0 spiro atoms. The van der Waals surface area contributed by atoms with Crippen molar-refractivity contribution in [2.24, 2.45) is 9.98 Å². The van der Waals surface area contributed by atoms with Gasteiger partial charge in [0, 0.05) is 13.2 Å². The van der Waals surface area contributed by atoms with E-state index in [-0.39, 0.29) is 5.96 Å². The Hall–Kier alpha value is -1.86. The van der Waals surface area contributed by atoms with E-state index in [1.165, 1.54) is 19.4 Å². The lowest BCUT2D eigenvalue weighted by atomic mass is 10.5. The Kier molecular flexibility index (Phi) is 3.64. The molecule has 0 saturated heterocycles. The van der Waals surface area contributed by atoms with Crippen LogP contribution in [0.4, 0.5) is 18.9 Å². The lowest BCUT2D eigenvalue weighted by Gasteiger charge is -2.05. The van der Waals surface area contributed by atoms with Gasteiger partial charge < -0.3 is 5.32 Å². The second-order valence-corrected chi connectivity index (χ2v) is 2.87. The topological polar surface area (TPSA) is 54.6 Å². The third kappa shape index (κ3) is 3.71. The highest BCUT2D eigenvalue weighted by molar-refractivity contribution is 5.96. The largest absolute Gasteiger partial charge is 0.408 e. The van der Waals surface area contributed by atoms with Crippen molar-refractivity contribution >= 4 is 18.4 Å². The lowest BCUT2D eigenvalue weighted by molar-refractivity contribution is -0.142. The molecule has 5 nitrogen and oxygen atoms in total. The summed E-state index contributed by atoms with van der Waals surface area (Å²) >= 11 is 0. The van der Waals surface area contributed by atoms with Crippen LogP contribution in [0.5, 0.6) is 0 Å². The molecule has 0 amide bonds. The van der Waals surface area contributed by atoms with Crippen LogP contribution in [0.15, 0.2) is 22.4 Å². The van der Waals surface area contributed by atoms with E-state index in [2.05, 4.69) is 27.1 Å². The van der Waals surface area contributed by atoms with E-state index < -0.39 is 12.7 Å². The molecule has 0 atom stereocenters. The second-order valence-electron chi connectivity index (χ2n) is 2.87. The van der Waals surface area contributed by atoms with Crippen molar-refractivity contribution in [3.05, 3.63) is 12.4 Å². The second kappa shape index (κ2) is 4.77. The Balaban J connectivity index is 2.68. The molecular weight excluding hydrogens is 223 g/mol. The summed E-state index contributed by atoms with van der Waals surface area (Å²) in [5, 5.41) is 6.19. The highest BCUT2D eigenvalue weighted by Crippen LogP contribution is 2.18. The molecule has 0 aliphatic heterocycles. The molecule has 0 fully saturated rings. The maximum Gasteiger partial charge on any atom is 0.408 e. The molecule has 8 heteroatoms. The Morgan fingerprint density at radius 1 is 1.62 bits per heavy atom. The molecule has 0 radical (unpaired) electrons. The number of anilines is 1. The van der Waals surface area contributed by atoms with Crippen LogP contribution in [0.2, 0.25) is 0 Å². The van der Waals surface area contributed by atoms with Gasteiger partial charge in [0.15, 0.2) is 0 Å². The summed E-state index contributed by atoms with van der Waals surface area (Å²) in [5.41, 5.74) is 0.372. The fraction of sp³-hybridized carbons (Fsp3) is 0.375. The van der Waals surface area contributed by atoms with Gasteiger partial charge in [-0.05, 0) is 6.72 Å². The van der Waals surface area contributed by atoms with Crippen molar-refractivity contribution in [1.82, 2.24) is 9.78 Å². The number of guanidine groups is 1. The Morgan fingerprint density at radius 2 is 2.31 bits per heavy atom. The minimum absolute atomic E-state index is 0.214. The van der Waals surface area contributed by atoms with E-state index in [9.17, 15) is 13.2 Å². The number of aromatic nitrogens is 2. The first-order chi connectivity index (χ1) is 7.44. The molecule has 0 aliphatic carbocycles. The van der Waals surface area contributed by atoms with Gasteiger partial charge in [0.2, 0.25) is 5.96 Å². The molecule has 0 aromatic carbocycles. The molecule has 1 heterocycles. The molecule has 0 saturated carbocycles. The smallest absolute Gasteiger partial charge is 0.322 e. The van der Waals surface area contributed by atoms with Gasteiger partial charge in [-0.25, -0.2) is 4.99 Å². The van der Waals surface area contributed by atoms with Crippen molar-refractivity contribution in [2.45, 2.75) is 12.7 Å². The SMILES string of the molecule is C=NC(=NC)Nc1cnn(CC(F)(F)F)c1. The van der Waals surface area contributed by atoms with E-state index in [4.69, 9.17) is 0 Å². The third-order valence-electron chi connectivity index (χ3n) is 1.59. The van der Waals surface area contributed by atoms with Crippen molar-refractivity contribution in [2.75, 3.05) is 12.4 Å². The van der Waals surface area contributed by atoms with E-state index in [0.717, 1.165) is 4.68 Å². The minimum atomic E-state index is -4.29. The van der Waals surface area contributed by atoms with E-state index >= 15 is 0 Å². The summed E-state index contributed by atoms with van der Waals surface area (Å²) in [4.78, 5) is 7.22. The maximum atomic E-state index is 12.0. The van der Waals surface area contributed by atoms with Crippen LogP contribution >= 0.6 is 0 Å². The van der Waals surface area contributed by atoms with E-state index in [0.29, 0.717) is 5.69 Å². The number of halogens is 3. The van der Waals surface area contributed by atoms with Gasteiger partial charge in [-0.15, -0.1) is 0 Å². The van der Waals surface area contributed by atoms with Gasteiger partial charge in [0.05, 0.1) is 11.9 Å². The summed E-state index contributed by atoms with van der Waals surface area (Å²) in [5.74, 6) is 0.214. The molecule has 1 N–H and O–H groups in total. The van der Waals surface area contributed by atoms with Crippen LogP contribution in [-0.2, 0) is 6.54 Å². The zero-order valence-electron chi connectivity index (χ0n) is 8.49. The summed E-state index contributed by atoms with van der Waals surface area (Å²) in [6.45, 7) is 2.11. The fourth-order valence-electron chi connectivity index (χ4n) is 0.994. The Labute approximate surface area is 89.7 Å². The predicted molar refractivity (Wildman–Crippen MR) is 54.8 cm³/mol. The number of aliphatic imine (C=N–C) groups is 2. The van der Waals surface area contributed by atoms with Crippen molar-refractivity contribution in [3.63, 3.8) is 0 Å². The first-order valence-electron chi connectivity index (χ1n) is 4.24. The average Bonchev–Trinajstić information content (AvgIpc) is 2.59. The van der Waals surface area contributed by atoms with Gasteiger partial charge in [-0.1, -0.05) is 0 Å². The summed E-state index contributed by atoms with van der Waals surface area (Å²) in [6.07, 6.45) is -1.83. The van der Waals surface area contributed by atoms with E-state index in [1.807, 2.05) is 0 Å². The number of hydrogen-bond donors (Lipinski definition) is 1. The van der Waals surface area contributed by atoms with Gasteiger partial charge in [0.25, 0.3) is 0 Å². The Bertz CT molecular complexity index is 393. The number of nitrogens with zero attached hydrogens (tertiary/aromatic N) is 4. The highest BCUT2D eigenvalue weighted by atomic mass is 19.4. The molecule has 0 aliphatic rings. The average molecular weight is 233 g/mol. The van der Waals surface area contributed by atoms with Crippen molar-refractivity contribution in [1.29, 1.82) is 0 Å². The molecule has 1 aromatic heterocycles. The number of alkyl halides is 3. The molecule has 88 valence electrons. The zero-order chi connectivity index (χ0) is 12.2. The molecule has 16 heavy (non-hydrogen) atoms. The summed E-state index contributed by atoms with van der Waals surface area (Å²) in [7, 11) is 1.48. The van der Waals surface area contributed by atoms with Gasteiger partial charge in [-0.2, -0.15) is 18.3 Å². The Morgan fingerprint density at radius 3 is 2.81 bits per heavy atom. The molecule has 0 bridgehead atoms. The number of hydrogen-bond acceptors (Lipinski definition) is 2. The minimum Gasteiger partial charge on any atom is -0.322 e. The van der Waals surface area contributed by atoms with Crippen LogP contribution in [0, 0.1) is 0 Å². The third-order valence-corrected chi connectivity index (χ3v) is 1.59. The van der Waals surface area contributed by atoms with Crippen LogP contribution < -0.4 is 5.32 Å². The maximum absolute atomic E-state index is 12.0. The fourth-order valence-corrected chi connectivity index (χ4v) is 0.994. The van der Waals surface area contributed by atoms with Gasteiger partial charge >= 0.3 is 6.18 Å². The highest BCUT2D eigenvalue weighted by Gasteiger charge is 2.28. The number of nitrogens with one attached hydrogen (secondary N) is 1. The van der Waals surface area contributed by atoms with E-state index in [1.54, 1.807) is 0 Å². The van der Waals surface area contributed by atoms with Gasteiger partial charge in [-0.3, -0.25) is 9.67 Å². The lowest BCUT2D eigenvalue weighted by Crippen LogP contribution is -2.17. The van der Waals surface area contributed by atoms with Crippen LogP contribution in [0.1, 0.15) is 0 Å². The van der Waals surface area contributed by atoms with Crippen LogP contribution in [0.3, 0.4) is 0 Å². The normalized spacial score (nSPS) is 12.6. The number of rotatable bonds is 2. The van der Waals surface area contributed by atoms with Crippen LogP contribution in [-0.4, -0.2) is 35.7 Å². The standard InChI is InChI=1S/C8H10F3N5/c1-12-7(13-2)15-6-3-14-16(4-6)5-8(9,10)11/h3-4H,1,5H2,2H3,(H,13,15). The first kappa shape index (κ1) is 12.2. The monoisotopic (exact) mass is 233 g/mol. The zero-order valence-corrected chi connectivity index (χ0v) is 8.49. The van der Waals surface area contributed by atoms with Crippen molar-refractivity contribution < 1.29 is 13.2 Å². The molecule has 0 unspecified atom stereocenters. The summed E-state index contributed by atoms with van der Waals surface area (Å²) < 4.78 is 36.8. The quantitative estimate of drug-likeness (QED) is 0.622. The predicted octanol–water partition coefficient (Wildman–Crippen LogP) is 1.54. The molecule has 1 aromatic rings. The summed E-state index contributed by atoms with van der Waals surface area (Å²) in [6, 6.07) is 0. The van der Waals surface area contributed by atoms with Crippen molar-refractivity contribution in [3.8, 4) is 0 Å².